The van der Waals surface area contributed by atoms with Gasteiger partial charge < -0.3 is 20.7 Å². The molecule has 0 spiro atoms. The monoisotopic (exact) mass is 227 g/mol. The first kappa shape index (κ1) is 11.8. The van der Waals surface area contributed by atoms with Crippen molar-refractivity contribution < 1.29 is 9.53 Å². The molecule has 5 nitrogen and oxygen atoms in total. The molecular formula is C11H21N3O2. The first-order valence-electron chi connectivity index (χ1n) is 6.11. The van der Waals surface area contributed by atoms with Gasteiger partial charge in [-0.2, -0.15) is 0 Å². The largest absolute Gasteiger partial charge is 0.375 e. The van der Waals surface area contributed by atoms with Crippen LogP contribution in [0.4, 0.5) is 0 Å². The van der Waals surface area contributed by atoms with Gasteiger partial charge in [0, 0.05) is 32.2 Å². The summed E-state index contributed by atoms with van der Waals surface area (Å²) in [5.41, 5.74) is 5.81. The molecule has 2 fully saturated rings. The summed E-state index contributed by atoms with van der Waals surface area (Å²) in [7, 11) is 0. The lowest BCUT2D eigenvalue weighted by Crippen LogP contribution is -2.46. The fraction of sp³-hybridized carbons (Fsp3) is 0.909. The van der Waals surface area contributed by atoms with E-state index in [2.05, 4.69) is 5.32 Å². The number of likely N-dealkylation sites (tertiary alicyclic amines) is 1. The highest BCUT2D eigenvalue weighted by Gasteiger charge is 2.24. The van der Waals surface area contributed by atoms with Crippen LogP contribution >= 0.6 is 0 Å². The van der Waals surface area contributed by atoms with Crippen LogP contribution in [0.5, 0.6) is 0 Å². The van der Waals surface area contributed by atoms with Gasteiger partial charge in [0.15, 0.2) is 0 Å². The van der Waals surface area contributed by atoms with Crippen LogP contribution in [0.2, 0.25) is 0 Å². The van der Waals surface area contributed by atoms with E-state index in [4.69, 9.17) is 10.5 Å². The molecule has 0 aromatic carbocycles. The summed E-state index contributed by atoms with van der Waals surface area (Å²) < 4.78 is 5.53. The number of amides is 1. The zero-order valence-electron chi connectivity index (χ0n) is 9.65. The van der Waals surface area contributed by atoms with Crippen LogP contribution < -0.4 is 11.1 Å². The fourth-order valence-electron chi connectivity index (χ4n) is 2.22. The van der Waals surface area contributed by atoms with E-state index in [9.17, 15) is 4.79 Å². The van der Waals surface area contributed by atoms with E-state index in [1.54, 1.807) is 0 Å². The van der Waals surface area contributed by atoms with Crippen LogP contribution in [0, 0.1) is 0 Å². The average Bonchev–Trinajstić information content (AvgIpc) is 2.31. The highest BCUT2D eigenvalue weighted by Crippen LogP contribution is 2.11. The van der Waals surface area contributed by atoms with Crippen molar-refractivity contribution in [3.05, 3.63) is 0 Å². The zero-order valence-corrected chi connectivity index (χ0v) is 9.65. The van der Waals surface area contributed by atoms with E-state index in [1.165, 1.54) is 0 Å². The predicted molar refractivity (Wildman–Crippen MR) is 61.0 cm³/mol. The molecule has 5 heteroatoms. The van der Waals surface area contributed by atoms with Crippen molar-refractivity contribution in [2.24, 2.45) is 5.73 Å². The molecule has 92 valence electrons. The first-order chi connectivity index (χ1) is 7.75. The predicted octanol–water partition coefficient (Wildman–Crippen LogP) is -0.685. The summed E-state index contributed by atoms with van der Waals surface area (Å²) in [5, 5.41) is 3.23. The molecule has 0 saturated carbocycles. The normalized spacial score (nSPS) is 28.1. The molecule has 0 aromatic heterocycles. The molecule has 0 radical (unpaired) electrons. The quantitative estimate of drug-likeness (QED) is 0.655. The molecule has 0 bridgehead atoms. The minimum absolute atomic E-state index is 0.0526. The third kappa shape index (κ3) is 3.17. The molecule has 2 aliphatic rings. The van der Waals surface area contributed by atoms with Crippen LogP contribution in [0.1, 0.15) is 19.3 Å². The van der Waals surface area contributed by atoms with E-state index < -0.39 is 0 Å². The number of piperidine rings is 1. The lowest BCUT2D eigenvalue weighted by atomic mass is 10.1. The smallest absolute Gasteiger partial charge is 0.225 e. The maximum absolute atomic E-state index is 12.0. The SMILES string of the molecule is NC1CCN(C(=O)C[C@@H]2CNCCO2)CC1. The second-order valence-electron chi connectivity index (χ2n) is 4.62. The van der Waals surface area contributed by atoms with E-state index in [0.29, 0.717) is 13.0 Å². The van der Waals surface area contributed by atoms with Crippen molar-refractivity contribution in [2.75, 3.05) is 32.8 Å². The van der Waals surface area contributed by atoms with Crippen LogP contribution in [0.3, 0.4) is 0 Å². The lowest BCUT2D eigenvalue weighted by molar-refractivity contribution is -0.135. The maximum atomic E-state index is 12.0. The maximum Gasteiger partial charge on any atom is 0.225 e. The Kier molecular flexibility index (Phi) is 4.15. The van der Waals surface area contributed by atoms with Crippen molar-refractivity contribution in [3.8, 4) is 0 Å². The average molecular weight is 227 g/mol. The van der Waals surface area contributed by atoms with Gasteiger partial charge in [0.05, 0.1) is 19.1 Å². The van der Waals surface area contributed by atoms with Crippen LogP contribution in [-0.4, -0.2) is 55.7 Å². The first-order valence-corrected chi connectivity index (χ1v) is 6.11. The number of ether oxygens (including phenoxy) is 1. The Morgan fingerprint density at radius 1 is 1.44 bits per heavy atom. The second kappa shape index (κ2) is 5.61. The summed E-state index contributed by atoms with van der Waals surface area (Å²) >= 11 is 0. The molecule has 0 unspecified atom stereocenters. The highest BCUT2D eigenvalue weighted by atomic mass is 16.5. The van der Waals surface area contributed by atoms with Gasteiger partial charge in [-0.1, -0.05) is 0 Å². The number of hydrogen-bond donors (Lipinski definition) is 2. The number of morpholine rings is 1. The topological polar surface area (TPSA) is 67.6 Å². The number of hydrogen-bond acceptors (Lipinski definition) is 4. The molecule has 3 N–H and O–H groups in total. The van der Waals surface area contributed by atoms with Crippen molar-refractivity contribution in [2.45, 2.75) is 31.4 Å². The van der Waals surface area contributed by atoms with Crippen LogP contribution in [0.25, 0.3) is 0 Å². The van der Waals surface area contributed by atoms with Gasteiger partial charge in [-0.3, -0.25) is 4.79 Å². The highest BCUT2D eigenvalue weighted by molar-refractivity contribution is 5.76. The van der Waals surface area contributed by atoms with Crippen molar-refractivity contribution >= 4 is 5.91 Å². The van der Waals surface area contributed by atoms with E-state index in [0.717, 1.165) is 39.0 Å². The molecule has 0 aromatic rings. The zero-order chi connectivity index (χ0) is 11.4. The molecule has 2 aliphatic heterocycles. The van der Waals surface area contributed by atoms with Gasteiger partial charge in [-0.15, -0.1) is 0 Å². The fourth-order valence-corrected chi connectivity index (χ4v) is 2.22. The summed E-state index contributed by atoms with van der Waals surface area (Å²) in [4.78, 5) is 13.9. The molecule has 16 heavy (non-hydrogen) atoms. The second-order valence-corrected chi connectivity index (χ2v) is 4.62. The van der Waals surface area contributed by atoms with Crippen molar-refractivity contribution in [1.29, 1.82) is 0 Å². The molecule has 2 rings (SSSR count). The number of rotatable bonds is 2. The number of nitrogens with one attached hydrogen (secondary N) is 1. The minimum Gasteiger partial charge on any atom is -0.375 e. The Morgan fingerprint density at radius 2 is 2.19 bits per heavy atom. The van der Waals surface area contributed by atoms with Gasteiger partial charge in [-0.25, -0.2) is 0 Å². The third-order valence-electron chi connectivity index (χ3n) is 3.30. The standard InChI is InChI=1S/C11H21N3O2/c12-9-1-4-14(5-2-9)11(15)7-10-8-13-3-6-16-10/h9-10,13H,1-8,12H2/t10-/m1/s1. The van der Waals surface area contributed by atoms with Gasteiger partial charge >= 0.3 is 0 Å². The van der Waals surface area contributed by atoms with E-state index in [1.807, 2.05) is 4.90 Å². The van der Waals surface area contributed by atoms with Crippen LogP contribution in [-0.2, 0) is 9.53 Å². The van der Waals surface area contributed by atoms with E-state index in [-0.39, 0.29) is 18.1 Å². The Bertz CT molecular complexity index is 233. The molecular weight excluding hydrogens is 206 g/mol. The summed E-state index contributed by atoms with van der Waals surface area (Å²) in [6.45, 7) is 4.01. The number of carbonyl (C=O) groups is 1. The summed E-state index contributed by atoms with van der Waals surface area (Å²) in [5.74, 6) is 0.209. The Balaban J connectivity index is 1.74. The van der Waals surface area contributed by atoms with Gasteiger partial charge in [-0.05, 0) is 12.8 Å². The summed E-state index contributed by atoms with van der Waals surface area (Å²) in [6.07, 6.45) is 2.41. The van der Waals surface area contributed by atoms with E-state index >= 15 is 0 Å². The van der Waals surface area contributed by atoms with Gasteiger partial charge in [0.2, 0.25) is 5.91 Å². The van der Waals surface area contributed by atoms with Gasteiger partial charge in [0.25, 0.3) is 0 Å². The number of carbonyl (C=O) groups excluding carboxylic acids is 1. The third-order valence-corrected chi connectivity index (χ3v) is 3.30. The molecule has 1 amide bonds. The Hall–Kier alpha value is -0.650. The minimum atomic E-state index is 0.0526. The van der Waals surface area contributed by atoms with Crippen molar-refractivity contribution in [1.82, 2.24) is 10.2 Å². The number of nitrogens with zero attached hydrogens (tertiary/aromatic N) is 1. The lowest BCUT2D eigenvalue weighted by Gasteiger charge is -2.32. The van der Waals surface area contributed by atoms with Gasteiger partial charge in [0.1, 0.15) is 0 Å². The van der Waals surface area contributed by atoms with Crippen LogP contribution in [0.15, 0.2) is 0 Å². The summed E-state index contributed by atoms with van der Waals surface area (Å²) in [6, 6.07) is 0.275. The molecule has 0 aliphatic carbocycles. The van der Waals surface area contributed by atoms with Crippen molar-refractivity contribution in [3.63, 3.8) is 0 Å². The number of nitrogens with two attached hydrogens (primary N) is 1. The molecule has 2 heterocycles. The molecule has 2 saturated heterocycles. The molecule has 1 atom stereocenters. The Labute approximate surface area is 96.3 Å². The Morgan fingerprint density at radius 3 is 2.81 bits per heavy atom.